The summed E-state index contributed by atoms with van der Waals surface area (Å²) in [5, 5.41) is 18.1. The fraction of sp³-hybridized carbons (Fsp3) is 0.125. The average molecular weight is 265 g/mol. The third-order valence-corrected chi connectivity index (χ3v) is 2.44. The van der Waals surface area contributed by atoms with Crippen molar-refractivity contribution in [3.8, 4) is 0 Å². The zero-order valence-corrected chi connectivity index (χ0v) is 8.71. The van der Waals surface area contributed by atoms with E-state index < -0.39 is 12.1 Å². The first-order valence-corrected chi connectivity index (χ1v) is 4.55. The minimum absolute atomic E-state index is 0.250. The summed E-state index contributed by atoms with van der Waals surface area (Å²) >= 11 is 8.76. The van der Waals surface area contributed by atoms with Crippen molar-refractivity contribution in [3.63, 3.8) is 0 Å². The van der Waals surface area contributed by atoms with Gasteiger partial charge in [0.2, 0.25) is 0 Å². The van der Waals surface area contributed by atoms with Gasteiger partial charge in [-0.15, -0.1) is 0 Å². The molecule has 1 rings (SSSR count). The van der Waals surface area contributed by atoms with E-state index in [4.69, 9.17) is 16.7 Å². The van der Waals surface area contributed by atoms with Gasteiger partial charge in [-0.3, -0.25) is 0 Å². The summed E-state index contributed by atoms with van der Waals surface area (Å²) in [4.78, 5) is 10.4. The number of halogens is 2. The van der Waals surface area contributed by atoms with Gasteiger partial charge in [0.05, 0.1) is 0 Å². The van der Waals surface area contributed by atoms with Crippen molar-refractivity contribution < 1.29 is 15.0 Å². The van der Waals surface area contributed by atoms with Crippen molar-refractivity contribution in [2.45, 2.75) is 6.10 Å². The Labute approximate surface area is 88.1 Å². The number of aliphatic hydroxyl groups is 1. The van der Waals surface area contributed by atoms with Crippen LogP contribution in [0.2, 0.25) is 5.02 Å². The highest BCUT2D eigenvalue weighted by Gasteiger charge is 2.18. The molecule has 0 aliphatic heterocycles. The van der Waals surface area contributed by atoms with Crippen LogP contribution in [0, 0.1) is 0 Å². The summed E-state index contributed by atoms with van der Waals surface area (Å²) in [6.45, 7) is 0. The van der Waals surface area contributed by atoms with Gasteiger partial charge in [-0.1, -0.05) is 27.5 Å². The van der Waals surface area contributed by atoms with Gasteiger partial charge >= 0.3 is 5.97 Å². The van der Waals surface area contributed by atoms with E-state index in [-0.39, 0.29) is 5.56 Å². The number of hydrogen-bond donors (Lipinski definition) is 2. The van der Waals surface area contributed by atoms with Crippen LogP contribution in [0.5, 0.6) is 0 Å². The highest BCUT2D eigenvalue weighted by molar-refractivity contribution is 9.10. The third kappa shape index (κ3) is 2.43. The number of rotatable bonds is 2. The molecule has 1 aromatic carbocycles. The molecule has 3 nitrogen and oxygen atoms in total. The second kappa shape index (κ2) is 4.09. The molecule has 0 saturated carbocycles. The molecule has 1 aromatic rings. The first-order chi connectivity index (χ1) is 6.02. The summed E-state index contributed by atoms with van der Waals surface area (Å²) in [6.07, 6.45) is -1.55. The van der Waals surface area contributed by atoms with Crippen LogP contribution in [0.25, 0.3) is 0 Å². The smallest absolute Gasteiger partial charge is 0.337 e. The molecular formula is C8H6BrClO3. The van der Waals surface area contributed by atoms with Crippen LogP contribution < -0.4 is 0 Å². The van der Waals surface area contributed by atoms with Gasteiger partial charge in [0, 0.05) is 15.1 Å². The van der Waals surface area contributed by atoms with E-state index >= 15 is 0 Å². The van der Waals surface area contributed by atoms with E-state index in [2.05, 4.69) is 15.9 Å². The molecule has 0 aliphatic rings. The number of carboxylic acid groups (broad SMARTS) is 1. The fourth-order valence-electron chi connectivity index (χ4n) is 0.857. The van der Waals surface area contributed by atoms with E-state index in [1.54, 1.807) is 12.1 Å². The summed E-state index contributed by atoms with van der Waals surface area (Å²) in [5.41, 5.74) is 0.250. The molecule has 5 heteroatoms. The first kappa shape index (κ1) is 10.5. The van der Waals surface area contributed by atoms with E-state index in [9.17, 15) is 9.90 Å². The SMILES string of the molecule is O=C(O)C(O)c1cc(Cl)ccc1Br. The van der Waals surface area contributed by atoms with Crippen LogP contribution in [0.3, 0.4) is 0 Å². The average Bonchev–Trinajstić information content (AvgIpc) is 2.08. The fourth-order valence-corrected chi connectivity index (χ4v) is 1.50. The van der Waals surface area contributed by atoms with Crippen molar-refractivity contribution in [2.24, 2.45) is 0 Å². The quantitative estimate of drug-likeness (QED) is 0.862. The van der Waals surface area contributed by atoms with Crippen LogP contribution >= 0.6 is 27.5 Å². The lowest BCUT2D eigenvalue weighted by Crippen LogP contribution is -2.10. The van der Waals surface area contributed by atoms with Gasteiger partial charge in [0.25, 0.3) is 0 Å². The third-order valence-electron chi connectivity index (χ3n) is 1.49. The standard InChI is InChI=1S/C8H6BrClO3/c9-6-2-1-4(10)3-5(6)7(11)8(12)13/h1-3,7,11H,(H,12,13). The lowest BCUT2D eigenvalue weighted by atomic mass is 10.1. The van der Waals surface area contributed by atoms with Crippen LogP contribution in [0.1, 0.15) is 11.7 Å². The van der Waals surface area contributed by atoms with Gasteiger partial charge in [-0.2, -0.15) is 0 Å². The molecule has 0 fully saturated rings. The molecule has 1 unspecified atom stereocenters. The van der Waals surface area contributed by atoms with Gasteiger partial charge in [0.1, 0.15) is 0 Å². The molecular weight excluding hydrogens is 259 g/mol. The van der Waals surface area contributed by atoms with Crippen molar-refractivity contribution in [1.82, 2.24) is 0 Å². The monoisotopic (exact) mass is 264 g/mol. The van der Waals surface area contributed by atoms with Crippen molar-refractivity contribution in [3.05, 3.63) is 33.3 Å². The normalized spacial score (nSPS) is 12.5. The lowest BCUT2D eigenvalue weighted by Gasteiger charge is -2.08. The molecule has 1 atom stereocenters. The Balaban J connectivity index is 3.12. The van der Waals surface area contributed by atoms with Crippen LogP contribution in [0.15, 0.2) is 22.7 Å². The predicted molar refractivity (Wildman–Crippen MR) is 51.7 cm³/mol. The molecule has 0 spiro atoms. The molecule has 0 heterocycles. The molecule has 0 amide bonds. The Morgan fingerprint density at radius 1 is 1.54 bits per heavy atom. The Bertz CT molecular complexity index is 340. The zero-order chi connectivity index (χ0) is 10.0. The molecule has 0 aromatic heterocycles. The summed E-state index contributed by atoms with van der Waals surface area (Å²) < 4.78 is 0.520. The number of aliphatic carboxylic acids is 1. The minimum Gasteiger partial charge on any atom is -0.479 e. The summed E-state index contributed by atoms with van der Waals surface area (Å²) in [7, 11) is 0. The maximum atomic E-state index is 10.4. The maximum Gasteiger partial charge on any atom is 0.337 e. The molecule has 0 radical (unpaired) electrons. The largest absolute Gasteiger partial charge is 0.479 e. The molecule has 13 heavy (non-hydrogen) atoms. The number of carbonyl (C=O) groups is 1. The highest BCUT2D eigenvalue weighted by Crippen LogP contribution is 2.26. The van der Waals surface area contributed by atoms with Crippen LogP contribution in [-0.2, 0) is 4.79 Å². The van der Waals surface area contributed by atoms with Gasteiger partial charge in [-0.05, 0) is 18.2 Å². The lowest BCUT2D eigenvalue weighted by molar-refractivity contribution is -0.147. The number of aliphatic hydroxyl groups excluding tert-OH is 1. The maximum absolute atomic E-state index is 10.4. The molecule has 0 bridgehead atoms. The van der Waals surface area contributed by atoms with Crippen LogP contribution in [0.4, 0.5) is 0 Å². The van der Waals surface area contributed by atoms with Gasteiger partial charge in [0.15, 0.2) is 6.10 Å². The Kier molecular flexibility index (Phi) is 3.30. The number of benzene rings is 1. The summed E-state index contributed by atoms with van der Waals surface area (Å²) in [5.74, 6) is -1.30. The van der Waals surface area contributed by atoms with Gasteiger partial charge < -0.3 is 10.2 Å². The minimum atomic E-state index is -1.55. The Morgan fingerprint density at radius 3 is 2.69 bits per heavy atom. The highest BCUT2D eigenvalue weighted by atomic mass is 79.9. The predicted octanol–water partition coefficient (Wildman–Crippen LogP) is 2.22. The van der Waals surface area contributed by atoms with E-state index in [1.165, 1.54) is 6.07 Å². The second-order valence-corrected chi connectivity index (χ2v) is 3.70. The molecule has 0 saturated heterocycles. The zero-order valence-electron chi connectivity index (χ0n) is 6.37. The molecule has 70 valence electrons. The Morgan fingerprint density at radius 2 is 2.15 bits per heavy atom. The molecule has 2 N–H and O–H groups in total. The Hall–Kier alpha value is -0.580. The summed E-state index contributed by atoms with van der Waals surface area (Å²) in [6, 6.07) is 4.60. The van der Waals surface area contributed by atoms with Crippen molar-refractivity contribution in [2.75, 3.05) is 0 Å². The van der Waals surface area contributed by atoms with Crippen molar-refractivity contribution in [1.29, 1.82) is 0 Å². The number of hydrogen-bond acceptors (Lipinski definition) is 2. The van der Waals surface area contributed by atoms with E-state index in [0.717, 1.165) is 0 Å². The second-order valence-electron chi connectivity index (χ2n) is 2.41. The van der Waals surface area contributed by atoms with Crippen LogP contribution in [-0.4, -0.2) is 16.2 Å². The van der Waals surface area contributed by atoms with Crippen molar-refractivity contribution >= 4 is 33.5 Å². The van der Waals surface area contributed by atoms with E-state index in [0.29, 0.717) is 9.50 Å². The number of carboxylic acids is 1. The van der Waals surface area contributed by atoms with Gasteiger partial charge in [-0.25, -0.2) is 4.79 Å². The van der Waals surface area contributed by atoms with E-state index in [1.807, 2.05) is 0 Å². The topological polar surface area (TPSA) is 57.5 Å². The first-order valence-electron chi connectivity index (χ1n) is 3.38. The molecule has 0 aliphatic carbocycles.